The van der Waals surface area contributed by atoms with Gasteiger partial charge >= 0.3 is 0 Å². The highest BCUT2D eigenvalue weighted by Gasteiger charge is 2.15. The van der Waals surface area contributed by atoms with Crippen LogP contribution in [0.1, 0.15) is 13.8 Å². The highest BCUT2D eigenvalue weighted by atomic mass is 32.2. The van der Waals surface area contributed by atoms with Crippen molar-refractivity contribution in [3.63, 3.8) is 0 Å². The molecule has 0 spiro atoms. The first kappa shape index (κ1) is 20.1. The number of nitrogens with zero attached hydrogens (tertiary/aromatic N) is 3. The number of aromatic nitrogens is 3. The molecule has 6 nitrogen and oxygen atoms in total. The van der Waals surface area contributed by atoms with Crippen LogP contribution in [0.3, 0.4) is 0 Å². The van der Waals surface area contributed by atoms with Crippen LogP contribution in [0.2, 0.25) is 0 Å². The molecular weight excluding hydrogens is 370 g/mol. The number of hydrogen-bond donors (Lipinski definition) is 3. The van der Waals surface area contributed by atoms with Crippen LogP contribution in [0.25, 0.3) is 11.3 Å². The molecule has 3 rings (SSSR count). The predicted molar refractivity (Wildman–Crippen MR) is 116 cm³/mol. The molecule has 0 aliphatic rings. The summed E-state index contributed by atoms with van der Waals surface area (Å²) in [7, 11) is 0. The Balaban J connectivity index is 1.96. The minimum Gasteiger partial charge on any atom is -0.394 e. The van der Waals surface area contributed by atoms with Gasteiger partial charge in [-0.1, -0.05) is 19.9 Å². The molecule has 7 heteroatoms. The number of nitrogens with one attached hydrogen (secondary N) is 2. The summed E-state index contributed by atoms with van der Waals surface area (Å²) in [5.74, 6) is 1.40. The molecule has 0 saturated heterocycles. The van der Waals surface area contributed by atoms with E-state index in [1.807, 2.05) is 50.4 Å². The topological polar surface area (TPSA) is 83.0 Å². The van der Waals surface area contributed by atoms with Gasteiger partial charge in [0.15, 0.2) is 0 Å². The summed E-state index contributed by atoms with van der Waals surface area (Å²) in [5.41, 5.74) is 2.69. The van der Waals surface area contributed by atoms with Gasteiger partial charge in [0, 0.05) is 34.6 Å². The molecule has 146 valence electrons. The Labute approximate surface area is 169 Å². The highest BCUT2D eigenvalue weighted by molar-refractivity contribution is 7.98. The zero-order valence-corrected chi connectivity index (χ0v) is 17.1. The Kier molecular flexibility index (Phi) is 6.84. The van der Waals surface area contributed by atoms with Crippen LogP contribution in [0.5, 0.6) is 0 Å². The normalized spacial score (nSPS) is 12.0. The van der Waals surface area contributed by atoms with E-state index in [0.717, 1.165) is 16.9 Å². The molecule has 0 radical (unpaired) electrons. The predicted octanol–water partition coefficient (Wildman–Crippen LogP) is 4.43. The van der Waals surface area contributed by atoms with Gasteiger partial charge in [-0.3, -0.25) is 4.98 Å². The van der Waals surface area contributed by atoms with E-state index in [9.17, 15) is 5.11 Å². The van der Waals surface area contributed by atoms with Crippen molar-refractivity contribution in [3.8, 4) is 11.3 Å². The minimum atomic E-state index is -0.125. The second-order valence-electron chi connectivity index (χ2n) is 6.73. The van der Waals surface area contributed by atoms with Crippen molar-refractivity contribution in [2.45, 2.75) is 24.8 Å². The monoisotopic (exact) mass is 395 g/mol. The highest BCUT2D eigenvalue weighted by Crippen LogP contribution is 2.26. The van der Waals surface area contributed by atoms with Crippen LogP contribution in [-0.4, -0.2) is 39.0 Å². The van der Waals surface area contributed by atoms with Crippen molar-refractivity contribution in [2.75, 3.05) is 23.5 Å². The molecule has 1 aromatic carbocycles. The van der Waals surface area contributed by atoms with Crippen molar-refractivity contribution >= 4 is 29.2 Å². The van der Waals surface area contributed by atoms with Crippen LogP contribution < -0.4 is 10.6 Å². The second kappa shape index (κ2) is 9.52. The molecule has 0 amide bonds. The van der Waals surface area contributed by atoms with E-state index in [4.69, 9.17) is 0 Å². The number of aliphatic hydroxyl groups is 1. The van der Waals surface area contributed by atoms with Gasteiger partial charge in [-0.2, -0.15) is 4.98 Å². The summed E-state index contributed by atoms with van der Waals surface area (Å²) in [5, 5.41) is 16.3. The third kappa shape index (κ3) is 5.21. The minimum absolute atomic E-state index is 0.0129. The third-order valence-electron chi connectivity index (χ3n) is 4.36. The molecule has 3 N–H and O–H groups in total. The summed E-state index contributed by atoms with van der Waals surface area (Å²) in [4.78, 5) is 14.5. The van der Waals surface area contributed by atoms with E-state index in [1.54, 1.807) is 24.2 Å². The zero-order valence-electron chi connectivity index (χ0n) is 16.3. The van der Waals surface area contributed by atoms with Crippen molar-refractivity contribution in [2.24, 2.45) is 5.92 Å². The standard InChI is InChI=1S/C21H25N5OS/c1-14(2)19(13-27)25-21-24-18(15-7-9-22-10-8-15)12-20(26-21)23-16-5-4-6-17(11-16)28-3/h4-12,14,19,27H,13H2,1-3H3,(H2,23,24,25,26)/t19-/m0/s1. The van der Waals surface area contributed by atoms with Crippen LogP contribution in [0.15, 0.2) is 59.8 Å². The SMILES string of the molecule is CSc1cccc(Nc2cc(-c3ccncc3)nc(N[C@@H](CO)C(C)C)n2)c1. The van der Waals surface area contributed by atoms with E-state index in [0.29, 0.717) is 11.8 Å². The molecule has 2 aromatic heterocycles. The summed E-state index contributed by atoms with van der Waals surface area (Å²) in [6, 6.07) is 13.8. The first-order valence-corrected chi connectivity index (χ1v) is 10.4. The molecule has 0 aliphatic carbocycles. The summed E-state index contributed by atoms with van der Waals surface area (Å²) in [6.45, 7) is 4.11. The molecule has 1 atom stereocenters. The van der Waals surface area contributed by atoms with Gasteiger partial charge in [-0.05, 0) is 42.5 Å². The quantitative estimate of drug-likeness (QED) is 0.487. The lowest BCUT2D eigenvalue weighted by Gasteiger charge is -2.20. The Morgan fingerprint density at radius 2 is 1.86 bits per heavy atom. The van der Waals surface area contributed by atoms with E-state index < -0.39 is 0 Å². The van der Waals surface area contributed by atoms with Gasteiger partial charge in [0.1, 0.15) is 5.82 Å². The van der Waals surface area contributed by atoms with Crippen molar-refractivity contribution in [1.82, 2.24) is 15.0 Å². The lowest BCUT2D eigenvalue weighted by Crippen LogP contribution is -2.30. The fourth-order valence-electron chi connectivity index (χ4n) is 2.68. The van der Waals surface area contributed by atoms with E-state index >= 15 is 0 Å². The third-order valence-corrected chi connectivity index (χ3v) is 5.09. The maximum atomic E-state index is 9.66. The van der Waals surface area contributed by atoms with Gasteiger partial charge in [-0.15, -0.1) is 11.8 Å². The molecular formula is C21H25N5OS. The lowest BCUT2D eigenvalue weighted by molar-refractivity contribution is 0.248. The molecule has 0 saturated carbocycles. The number of rotatable bonds is 8. The zero-order chi connectivity index (χ0) is 19.9. The molecule has 2 heterocycles. The van der Waals surface area contributed by atoms with Gasteiger partial charge in [0.2, 0.25) is 5.95 Å². The van der Waals surface area contributed by atoms with Gasteiger partial charge in [0.05, 0.1) is 18.3 Å². The summed E-state index contributed by atoms with van der Waals surface area (Å²) in [6.07, 6.45) is 5.53. The first-order valence-electron chi connectivity index (χ1n) is 9.17. The molecule has 0 fully saturated rings. The maximum absolute atomic E-state index is 9.66. The fraction of sp³-hybridized carbons (Fsp3) is 0.286. The number of thioether (sulfide) groups is 1. The Morgan fingerprint density at radius 3 is 2.54 bits per heavy atom. The van der Waals surface area contributed by atoms with Crippen molar-refractivity contribution in [3.05, 3.63) is 54.9 Å². The Bertz CT molecular complexity index is 904. The average Bonchev–Trinajstić information content (AvgIpc) is 2.72. The molecule has 28 heavy (non-hydrogen) atoms. The molecule has 0 bridgehead atoms. The Hall–Kier alpha value is -2.64. The summed E-state index contributed by atoms with van der Waals surface area (Å²) >= 11 is 1.69. The molecule has 0 unspecified atom stereocenters. The van der Waals surface area contributed by atoms with Crippen LogP contribution in [-0.2, 0) is 0 Å². The number of pyridine rings is 1. The van der Waals surface area contributed by atoms with Crippen LogP contribution >= 0.6 is 11.8 Å². The Morgan fingerprint density at radius 1 is 1.07 bits per heavy atom. The number of hydrogen-bond acceptors (Lipinski definition) is 7. The van der Waals surface area contributed by atoms with E-state index in [1.165, 1.54) is 4.90 Å². The molecule has 0 aliphatic heterocycles. The summed E-state index contributed by atoms with van der Waals surface area (Å²) < 4.78 is 0. The van der Waals surface area contributed by atoms with Gasteiger partial charge < -0.3 is 15.7 Å². The fourth-order valence-corrected chi connectivity index (χ4v) is 3.14. The van der Waals surface area contributed by atoms with E-state index in [-0.39, 0.29) is 18.6 Å². The molecule has 3 aromatic rings. The average molecular weight is 396 g/mol. The number of benzene rings is 1. The van der Waals surface area contributed by atoms with Gasteiger partial charge in [-0.25, -0.2) is 4.98 Å². The first-order chi connectivity index (χ1) is 13.6. The van der Waals surface area contributed by atoms with Gasteiger partial charge in [0.25, 0.3) is 0 Å². The number of anilines is 3. The van der Waals surface area contributed by atoms with E-state index in [2.05, 4.69) is 37.7 Å². The van der Waals surface area contributed by atoms with Crippen LogP contribution in [0.4, 0.5) is 17.5 Å². The largest absolute Gasteiger partial charge is 0.394 e. The van der Waals surface area contributed by atoms with Crippen molar-refractivity contribution < 1.29 is 5.11 Å². The van der Waals surface area contributed by atoms with Crippen molar-refractivity contribution in [1.29, 1.82) is 0 Å². The second-order valence-corrected chi connectivity index (χ2v) is 7.61. The maximum Gasteiger partial charge on any atom is 0.225 e. The van der Waals surface area contributed by atoms with Crippen LogP contribution in [0, 0.1) is 5.92 Å². The number of aliphatic hydroxyl groups excluding tert-OH is 1. The lowest BCUT2D eigenvalue weighted by atomic mass is 10.1. The smallest absolute Gasteiger partial charge is 0.225 e.